The van der Waals surface area contributed by atoms with Gasteiger partial charge in [0.1, 0.15) is 0 Å². The van der Waals surface area contributed by atoms with Crippen molar-refractivity contribution in [1.29, 1.82) is 0 Å². The molecule has 0 unspecified atom stereocenters. The molecule has 0 saturated heterocycles. The van der Waals surface area contributed by atoms with Crippen molar-refractivity contribution in [3.8, 4) is 0 Å². The van der Waals surface area contributed by atoms with Gasteiger partial charge in [-0.2, -0.15) is 0 Å². The molecule has 5 heteroatoms. The van der Waals surface area contributed by atoms with Gasteiger partial charge in [0.25, 0.3) is 0 Å². The van der Waals surface area contributed by atoms with Gasteiger partial charge >= 0.3 is 0 Å². The highest BCUT2D eigenvalue weighted by atomic mass is 32.2. The zero-order valence-electron chi connectivity index (χ0n) is 7.40. The predicted octanol–water partition coefficient (Wildman–Crippen LogP) is 0.356. The smallest absolute Gasteiger partial charge is 0.204 e. The number of nitrogens with two attached hydrogens (primary N) is 2. The second-order valence-electron chi connectivity index (χ2n) is 3.08. The average molecular weight is 210 g/mol. The molecule has 1 heterocycles. The third kappa shape index (κ3) is 1.06. The van der Waals surface area contributed by atoms with Gasteiger partial charge in [0.05, 0.1) is 9.80 Å². The van der Waals surface area contributed by atoms with E-state index in [-0.39, 0.29) is 16.3 Å². The third-order valence-electron chi connectivity index (χ3n) is 2.24. The van der Waals surface area contributed by atoms with Gasteiger partial charge in [-0.3, -0.25) is 0 Å². The Kier molecular flexibility index (Phi) is 1.87. The molecule has 1 aromatic carbocycles. The van der Waals surface area contributed by atoms with Crippen LogP contribution in [0.25, 0.3) is 6.08 Å². The number of rotatable bonds is 1. The molecule has 0 bridgehead atoms. The van der Waals surface area contributed by atoms with Crippen LogP contribution in [0.1, 0.15) is 5.56 Å². The Morgan fingerprint density at radius 2 is 2.00 bits per heavy atom. The molecule has 1 aromatic rings. The van der Waals surface area contributed by atoms with E-state index in [1.165, 1.54) is 0 Å². The van der Waals surface area contributed by atoms with E-state index in [2.05, 4.69) is 0 Å². The maximum atomic E-state index is 11.8. The van der Waals surface area contributed by atoms with Gasteiger partial charge in [0.15, 0.2) is 0 Å². The Balaban J connectivity index is 2.78. The van der Waals surface area contributed by atoms with Crippen LogP contribution < -0.4 is 11.5 Å². The van der Waals surface area contributed by atoms with Crippen LogP contribution >= 0.6 is 0 Å². The summed E-state index contributed by atoms with van der Waals surface area (Å²) >= 11 is 0. The summed E-state index contributed by atoms with van der Waals surface area (Å²) in [6, 6.07) is 4.84. The van der Waals surface area contributed by atoms with E-state index >= 15 is 0 Å². The first kappa shape index (κ1) is 9.23. The van der Waals surface area contributed by atoms with Gasteiger partial charge in [-0.25, -0.2) is 8.42 Å². The maximum Gasteiger partial charge on any atom is 0.204 e. The first-order valence-electron chi connectivity index (χ1n) is 4.11. The minimum atomic E-state index is -3.36. The molecule has 0 amide bonds. The molecule has 4 N–H and O–H groups in total. The Hall–Kier alpha value is -1.33. The van der Waals surface area contributed by atoms with Gasteiger partial charge in [-0.1, -0.05) is 6.07 Å². The van der Waals surface area contributed by atoms with Crippen molar-refractivity contribution in [1.82, 2.24) is 0 Å². The SMILES string of the molecule is NCC1=Cc2c(N)cccc2S1(=O)=O. The minimum Gasteiger partial charge on any atom is -0.398 e. The van der Waals surface area contributed by atoms with E-state index in [1.807, 2.05) is 0 Å². The molecule has 14 heavy (non-hydrogen) atoms. The van der Waals surface area contributed by atoms with Crippen molar-refractivity contribution in [2.75, 3.05) is 12.3 Å². The highest BCUT2D eigenvalue weighted by Gasteiger charge is 2.29. The number of nitrogen functional groups attached to an aromatic ring is 1. The van der Waals surface area contributed by atoms with Crippen molar-refractivity contribution in [3.05, 3.63) is 28.7 Å². The zero-order chi connectivity index (χ0) is 10.3. The van der Waals surface area contributed by atoms with Crippen molar-refractivity contribution in [2.45, 2.75) is 4.90 Å². The maximum absolute atomic E-state index is 11.8. The highest BCUT2D eigenvalue weighted by molar-refractivity contribution is 7.95. The van der Waals surface area contributed by atoms with Crippen molar-refractivity contribution in [3.63, 3.8) is 0 Å². The molecule has 1 aliphatic rings. The number of hydrogen-bond donors (Lipinski definition) is 2. The lowest BCUT2D eigenvalue weighted by Gasteiger charge is -2.01. The summed E-state index contributed by atoms with van der Waals surface area (Å²) in [6.45, 7) is 0.0104. The van der Waals surface area contributed by atoms with Gasteiger partial charge < -0.3 is 11.5 Å². The number of fused-ring (bicyclic) bond motifs is 1. The summed E-state index contributed by atoms with van der Waals surface area (Å²) in [7, 11) is -3.36. The number of sulfone groups is 1. The Morgan fingerprint density at radius 3 is 2.57 bits per heavy atom. The standard InChI is InChI=1S/C9H10N2O2S/c10-5-6-4-7-8(11)2-1-3-9(7)14(6,12)13/h1-4H,5,10-11H2. The van der Waals surface area contributed by atoms with Gasteiger partial charge in [0.2, 0.25) is 9.84 Å². The summed E-state index contributed by atoms with van der Waals surface area (Å²) in [5.74, 6) is 0. The van der Waals surface area contributed by atoms with E-state index in [0.717, 1.165) is 0 Å². The summed E-state index contributed by atoms with van der Waals surface area (Å²) in [5, 5.41) is 0. The number of hydrogen-bond acceptors (Lipinski definition) is 4. The van der Waals surface area contributed by atoms with Gasteiger partial charge in [0, 0.05) is 17.8 Å². The molecule has 74 valence electrons. The van der Waals surface area contributed by atoms with Crippen LogP contribution in [0.3, 0.4) is 0 Å². The van der Waals surface area contributed by atoms with Gasteiger partial charge in [-0.05, 0) is 18.2 Å². The first-order chi connectivity index (χ1) is 6.57. The van der Waals surface area contributed by atoms with E-state index in [9.17, 15) is 8.42 Å². The molecule has 0 aliphatic carbocycles. The lowest BCUT2D eigenvalue weighted by molar-refractivity contribution is 0.602. The second-order valence-corrected chi connectivity index (χ2v) is 5.05. The van der Waals surface area contributed by atoms with Crippen molar-refractivity contribution < 1.29 is 8.42 Å². The normalized spacial score (nSPS) is 17.6. The fourth-order valence-electron chi connectivity index (χ4n) is 1.50. The molecular weight excluding hydrogens is 200 g/mol. The average Bonchev–Trinajstić information content (AvgIpc) is 2.40. The van der Waals surface area contributed by atoms with E-state index in [4.69, 9.17) is 11.5 Å². The summed E-state index contributed by atoms with van der Waals surface area (Å²) in [4.78, 5) is 0.489. The van der Waals surface area contributed by atoms with Crippen LogP contribution in [0.4, 0.5) is 5.69 Å². The zero-order valence-corrected chi connectivity index (χ0v) is 8.21. The minimum absolute atomic E-state index is 0.0104. The lowest BCUT2D eigenvalue weighted by Crippen LogP contribution is -2.10. The van der Waals surface area contributed by atoms with E-state index in [0.29, 0.717) is 11.3 Å². The van der Waals surface area contributed by atoms with Crippen LogP contribution in [0.5, 0.6) is 0 Å². The fourth-order valence-corrected chi connectivity index (χ4v) is 3.00. The fraction of sp³-hybridized carbons (Fsp3) is 0.111. The lowest BCUT2D eigenvalue weighted by atomic mass is 10.2. The summed E-state index contributed by atoms with van der Waals surface area (Å²) < 4.78 is 23.5. The van der Waals surface area contributed by atoms with E-state index < -0.39 is 9.84 Å². The quantitative estimate of drug-likeness (QED) is 0.655. The third-order valence-corrected chi connectivity index (χ3v) is 4.15. The molecule has 0 saturated carbocycles. The molecule has 4 nitrogen and oxygen atoms in total. The van der Waals surface area contributed by atoms with Crippen molar-refractivity contribution >= 4 is 21.6 Å². The Labute approximate surface area is 82.1 Å². The molecule has 0 spiro atoms. The summed E-state index contributed by atoms with van der Waals surface area (Å²) in [6.07, 6.45) is 1.54. The molecule has 2 rings (SSSR count). The highest BCUT2D eigenvalue weighted by Crippen LogP contribution is 2.35. The molecule has 0 fully saturated rings. The number of anilines is 1. The predicted molar refractivity (Wildman–Crippen MR) is 55.1 cm³/mol. The van der Waals surface area contributed by atoms with E-state index in [1.54, 1.807) is 24.3 Å². The molecule has 0 radical (unpaired) electrons. The molecule has 0 atom stereocenters. The largest absolute Gasteiger partial charge is 0.398 e. The van der Waals surface area contributed by atoms with Crippen LogP contribution in [0.2, 0.25) is 0 Å². The van der Waals surface area contributed by atoms with Crippen LogP contribution in [-0.2, 0) is 9.84 Å². The van der Waals surface area contributed by atoms with Crippen LogP contribution in [-0.4, -0.2) is 15.0 Å². The molecular formula is C9H10N2O2S. The first-order valence-corrected chi connectivity index (χ1v) is 5.60. The van der Waals surface area contributed by atoms with Crippen LogP contribution in [0, 0.1) is 0 Å². The molecule has 1 aliphatic heterocycles. The van der Waals surface area contributed by atoms with Gasteiger partial charge in [-0.15, -0.1) is 0 Å². The second kappa shape index (κ2) is 2.83. The molecule has 0 aromatic heterocycles. The topological polar surface area (TPSA) is 86.2 Å². The summed E-state index contributed by atoms with van der Waals surface area (Å²) in [5.41, 5.74) is 12.0. The van der Waals surface area contributed by atoms with Crippen LogP contribution in [0.15, 0.2) is 28.0 Å². The Morgan fingerprint density at radius 1 is 1.29 bits per heavy atom. The monoisotopic (exact) mass is 210 g/mol. The Bertz CT molecular complexity index is 518. The van der Waals surface area contributed by atoms with Crippen molar-refractivity contribution in [2.24, 2.45) is 5.73 Å². The number of benzene rings is 1.